The lowest BCUT2D eigenvalue weighted by molar-refractivity contribution is -0.118. The number of carbonyl (C=O) groups excluding carboxylic acids is 1. The van der Waals surface area contributed by atoms with Gasteiger partial charge in [-0.3, -0.25) is 9.52 Å². The molecule has 8 heteroatoms. The van der Waals surface area contributed by atoms with E-state index in [0.717, 1.165) is 0 Å². The average Bonchev–Trinajstić information content (AvgIpc) is 2.30. The lowest BCUT2D eigenvalue weighted by Crippen LogP contribution is -2.26. The highest BCUT2D eigenvalue weighted by Crippen LogP contribution is 2.35. The molecule has 1 heterocycles. The molecule has 1 aromatic rings. The zero-order valence-electron chi connectivity index (χ0n) is 10.4. The molecule has 1 aliphatic rings. The molecule has 0 aliphatic carbocycles. The molecule has 0 fully saturated rings. The molecule has 1 aromatic carbocycles. The fourth-order valence-corrected chi connectivity index (χ4v) is 2.87. The van der Waals surface area contributed by atoms with Crippen molar-refractivity contribution in [1.29, 1.82) is 0 Å². The summed E-state index contributed by atoms with van der Waals surface area (Å²) >= 11 is 0. The Morgan fingerprint density at radius 1 is 1.47 bits per heavy atom. The third kappa shape index (κ3) is 3.08. The van der Waals surface area contributed by atoms with E-state index in [9.17, 15) is 13.2 Å². The van der Waals surface area contributed by atoms with Crippen LogP contribution in [0.25, 0.3) is 0 Å². The number of amides is 1. The topological polar surface area (TPSA) is 111 Å². The van der Waals surface area contributed by atoms with Gasteiger partial charge in [0.1, 0.15) is 5.75 Å². The van der Waals surface area contributed by atoms with Crippen molar-refractivity contribution < 1.29 is 17.9 Å². The number of nitrogens with two attached hydrogens (primary N) is 1. The van der Waals surface area contributed by atoms with Gasteiger partial charge in [-0.25, -0.2) is 8.42 Å². The number of sulfonamides is 1. The van der Waals surface area contributed by atoms with Gasteiger partial charge < -0.3 is 15.8 Å². The number of hydrogen-bond acceptors (Lipinski definition) is 5. The molecule has 4 N–H and O–H groups in total. The van der Waals surface area contributed by atoms with Crippen LogP contribution in [-0.4, -0.2) is 26.7 Å². The molecule has 0 radical (unpaired) electrons. The fourth-order valence-electron chi connectivity index (χ4n) is 1.72. The highest BCUT2D eigenvalue weighted by molar-refractivity contribution is 7.92. The van der Waals surface area contributed by atoms with E-state index in [-0.39, 0.29) is 29.6 Å². The smallest absolute Gasteiger partial charge is 0.262 e. The number of fused-ring (bicyclic) bond motifs is 1. The Morgan fingerprint density at radius 2 is 2.21 bits per heavy atom. The Kier molecular flexibility index (Phi) is 3.52. The molecule has 0 bridgehead atoms. The molecule has 0 aromatic heterocycles. The van der Waals surface area contributed by atoms with Crippen LogP contribution in [0.1, 0.15) is 13.3 Å². The van der Waals surface area contributed by atoms with Crippen molar-refractivity contribution in [2.45, 2.75) is 13.3 Å². The Labute approximate surface area is 111 Å². The van der Waals surface area contributed by atoms with Gasteiger partial charge in [-0.15, -0.1) is 0 Å². The van der Waals surface area contributed by atoms with Crippen LogP contribution in [0.5, 0.6) is 5.75 Å². The van der Waals surface area contributed by atoms with Crippen LogP contribution in [-0.2, 0) is 14.8 Å². The molecule has 7 nitrogen and oxygen atoms in total. The van der Waals surface area contributed by atoms with Crippen LogP contribution in [0, 0.1) is 0 Å². The van der Waals surface area contributed by atoms with Crippen LogP contribution in [0.15, 0.2) is 12.1 Å². The first-order chi connectivity index (χ1) is 8.91. The van der Waals surface area contributed by atoms with E-state index in [2.05, 4.69) is 10.0 Å². The SMILES string of the molecule is CCCS(=O)(=O)Nc1cc2c(cc1N)OCC(=O)N2. The zero-order chi connectivity index (χ0) is 14.0. The van der Waals surface area contributed by atoms with Gasteiger partial charge in [0, 0.05) is 6.07 Å². The summed E-state index contributed by atoms with van der Waals surface area (Å²) in [5.41, 5.74) is 6.64. The van der Waals surface area contributed by atoms with Gasteiger partial charge in [-0.1, -0.05) is 6.92 Å². The second kappa shape index (κ2) is 4.96. The first-order valence-corrected chi connectivity index (χ1v) is 7.43. The molecule has 19 heavy (non-hydrogen) atoms. The van der Waals surface area contributed by atoms with E-state index >= 15 is 0 Å². The monoisotopic (exact) mass is 285 g/mol. The first kappa shape index (κ1) is 13.5. The minimum absolute atomic E-state index is 0.00633. The summed E-state index contributed by atoms with van der Waals surface area (Å²) in [7, 11) is -3.43. The standard InChI is InChI=1S/C11H15N3O4S/c1-2-3-19(16,17)14-8-5-9-10(4-7(8)12)18-6-11(15)13-9/h4-5,14H,2-3,6,12H2,1H3,(H,13,15). The number of nitrogen functional groups attached to an aromatic ring is 1. The Balaban J connectivity index is 2.32. The third-order valence-electron chi connectivity index (χ3n) is 2.52. The maximum atomic E-state index is 11.7. The predicted octanol–water partition coefficient (Wildman–Crippen LogP) is 0.751. The van der Waals surface area contributed by atoms with Gasteiger partial charge in [0.2, 0.25) is 10.0 Å². The third-order valence-corrected chi connectivity index (χ3v) is 4.00. The summed E-state index contributed by atoms with van der Waals surface area (Å²) < 4.78 is 31.0. The summed E-state index contributed by atoms with van der Waals surface area (Å²) in [6, 6.07) is 2.94. The van der Waals surface area contributed by atoms with Crippen molar-refractivity contribution >= 4 is 33.0 Å². The number of carbonyl (C=O) groups is 1. The molecule has 0 spiro atoms. The quantitative estimate of drug-likeness (QED) is 0.707. The second-order valence-electron chi connectivity index (χ2n) is 4.19. The van der Waals surface area contributed by atoms with E-state index < -0.39 is 10.0 Å². The molecule has 0 saturated carbocycles. The van der Waals surface area contributed by atoms with Crippen LogP contribution < -0.4 is 20.5 Å². The minimum atomic E-state index is -3.43. The highest BCUT2D eigenvalue weighted by atomic mass is 32.2. The van der Waals surface area contributed by atoms with E-state index in [0.29, 0.717) is 17.9 Å². The predicted molar refractivity (Wildman–Crippen MR) is 72.7 cm³/mol. The van der Waals surface area contributed by atoms with E-state index in [1.165, 1.54) is 12.1 Å². The summed E-state index contributed by atoms with van der Waals surface area (Å²) in [5.74, 6) is 0.141. The lowest BCUT2D eigenvalue weighted by atomic mass is 10.2. The number of nitrogens with one attached hydrogen (secondary N) is 2. The Hall–Kier alpha value is -1.96. The molecule has 1 amide bonds. The average molecular weight is 285 g/mol. The van der Waals surface area contributed by atoms with E-state index in [1.807, 2.05) is 0 Å². The second-order valence-corrected chi connectivity index (χ2v) is 6.04. The van der Waals surface area contributed by atoms with E-state index in [4.69, 9.17) is 10.5 Å². The minimum Gasteiger partial charge on any atom is -0.482 e. The van der Waals surface area contributed by atoms with Gasteiger partial charge in [0.15, 0.2) is 6.61 Å². The molecular weight excluding hydrogens is 270 g/mol. The molecule has 0 saturated heterocycles. The van der Waals surface area contributed by atoms with Gasteiger partial charge in [-0.05, 0) is 12.5 Å². The van der Waals surface area contributed by atoms with E-state index in [1.54, 1.807) is 6.92 Å². The van der Waals surface area contributed by atoms with Crippen LogP contribution >= 0.6 is 0 Å². The number of ether oxygens (including phenoxy) is 1. The summed E-state index contributed by atoms with van der Waals surface area (Å²) in [6.07, 6.45) is 0.500. The van der Waals surface area contributed by atoms with Gasteiger partial charge >= 0.3 is 0 Å². The van der Waals surface area contributed by atoms with Crippen molar-refractivity contribution in [1.82, 2.24) is 0 Å². The van der Waals surface area contributed by atoms with Gasteiger partial charge in [0.05, 0.1) is 22.8 Å². The Bertz CT molecular complexity index is 613. The number of rotatable bonds is 4. The van der Waals surface area contributed by atoms with Crippen LogP contribution in [0.3, 0.4) is 0 Å². The number of anilines is 3. The fraction of sp³-hybridized carbons (Fsp3) is 0.364. The van der Waals surface area contributed by atoms with Crippen molar-refractivity contribution in [2.75, 3.05) is 28.1 Å². The van der Waals surface area contributed by atoms with Gasteiger partial charge in [-0.2, -0.15) is 0 Å². The lowest BCUT2D eigenvalue weighted by Gasteiger charge is -2.20. The molecular formula is C11H15N3O4S. The van der Waals surface area contributed by atoms with Crippen molar-refractivity contribution in [3.05, 3.63) is 12.1 Å². The van der Waals surface area contributed by atoms with Gasteiger partial charge in [0.25, 0.3) is 5.91 Å². The first-order valence-electron chi connectivity index (χ1n) is 5.78. The van der Waals surface area contributed by atoms with Crippen molar-refractivity contribution in [2.24, 2.45) is 0 Å². The normalized spacial score (nSPS) is 14.3. The van der Waals surface area contributed by atoms with Crippen LogP contribution in [0.2, 0.25) is 0 Å². The molecule has 1 aliphatic heterocycles. The van der Waals surface area contributed by atoms with Crippen LogP contribution in [0.4, 0.5) is 17.1 Å². The number of hydrogen-bond donors (Lipinski definition) is 3. The van der Waals surface area contributed by atoms with Crippen molar-refractivity contribution in [3.8, 4) is 5.75 Å². The molecule has 0 atom stereocenters. The Morgan fingerprint density at radius 3 is 2.89 bits per heavy atom. The maximum Gasteiger partial charge on any atom is 0.262 e. The highest BCUT2D eigenvalue weighted by Gasteiger charge is 2.19. The summed E-state index contributed by atoms with van der Waals surface area (Å²) in [5, 5.41) is 2.59. The molecule has 2 rings (SSSR count). The molecule has 104 valence electrons. The van der Waals surface area contributed by atoms with Crippen molar-refractivity contribution in [3.63, 3.8) is 0 Å². The maximum absolute atomic E-state index is 11.7. The largest absolute Gasteiger partial charge is 0.482 e. The molecule has 0 unspecified atom stereocenters. The summed E-state index contributed by atoms with van der Waals surface area (Å²) in [6.45, 7) is 1.69. The number of benzene rings is 1. The summed E-state index contributed by atoms with van der Waals surface area (Å²) in [4.78, 5) is 11.2. The zero-order valence-corrected chi connectivity index (χ0v) is 11.2.